The maximum Gasteiger partial charge on any atom is 0.257 e. The van der Waals surface area contributed by atoms with Crippen molar-refractivity contribution in [1.29, 1.82) is 0 Å². The number of ether oxygens (including phenoxy) is 2. The summed E-state index contributed by atoms with van der Waals surface area (Å²) in [5.74, 6) is -0.130. The average Bonchev–Trinajstić information content (AvgIpc) is 2.88. The van der Waals surface area contributed by atoms with E-state index in [1.165, 1.54) is 0 Å². The monoisotopic (exact) mass is 496 g/mol. The number of benzene rings is 1. The van der Waals surface area contributed by atoms with Gasteiger partial charge in [0, 0.05) is 69.3 Å². The van der Waals surface area contributed by atoms with Gasteiger partial charge in [-0.3, -0.25) is 19.4 Å². The van der Waals surface area contributed by atoms with Crippen LogP contribution in [0.3, 0.4) is 0 Å². The van der Waals surface area contributed by atoms with Gasteiger partial charge in [0.1, 0.15) is 12.4 Å². The molecular formula is C27H36N4O5. The minimum Gasteiger partial charge on any atom is -0.491 e. The van der Waals surface area contributed by atoms with Gasteiger partial charge in [-0.25, -0.2) is 0 Å². The number of rotatable bonds is 5. The second-order valence-electron chi connectivity index (χ2n) is 9.30. The highest BCUT2D eigenvalue weighted by atomic mass is 16.5. The molecule has 0 aliphatic carbocycles. The maximum absolute atomic E-state index is 13.5. The molecule has 9 heteroatoms. The fourth-order valence-electron chi connectivity index (χ4n) is 4.24. The second kappa shape index (κ2) is 12.5. The molecule has 3 amide bonds. The number of likely N-dealkylation sites (N-methyl/N-ethyl adjacent to an activating group) is 1. The number of amides is 3. The first-order valence-electron chi connectivity index (χ1n) is 12.3. The van der Waals surface area contributed by atoms with Gasteiger partial charge in [0.15, 0.2) is 0 Å². The molecule has 1 aliphatic heterocycles. The smallest absolute Gasteiger partial charge is 0.257 e. The Morgan fingerprint density at radius 3 is 2.56 bits per heavy atom. The molecule has 0 saturated carbocycles. The van der Waals surface area contributed by atoms with Crippen LogP contribution in [0.15, 0.2) is 42.7 Å². The van der Waals surface area contributed by atoms with Crippen molar-refractivity contribution in [2.24, 2.45) is 5.92 Å². The van der Waals surface area contributed by atoms with Gasteiger partial charge < -0.3 is 24.6 Å². The molecule has 194 valence electrons. The van der Waals surface area contributed by atoms with Gasteiger partial charge in [-0.05, 0) is 37.6 Å². The normalized spacial score (nSPS) is 21.0. The van der Waals surface area contributed by atoms with Crippen LogP contribution in [-0.2, 0) is 9.53 Å². The fraction of sp³-hybridized carbons (Fsp3) is 0.481. The predicted octanol–water partition coefficient (Wildman–Crippen LogP) is 3.47. The number of fused-ring (bicyclic) bond motifs is 1. The topological polar surface area (TPSA) is 101 Å². The van der Waals surface area contributed by atoms with Gasteiger partial charge in [-0.1, -0.05) is 13.8 Å². The van der Waals surface area contributed by atoms with Crippen LogP contribution in [0.5, 0.6) is 5.75 Å². The average molecular weight is 497 g/mol. The molecule has 0 unspecified atom stereocenters. The largest absolute Gasteiger partial charge is 0.491 e. The van der Waals surface area contributed by atoms with Crippen LogP contribution in [0.2, 0.25) is 0 Å². The lowest BCUT2D eigenvalue weighted by Crippen LogP contribution is -2.48. The molecule has 0 fully saturated rings. The minimum atomic E-state index is -0.302. The zero-order chi connectivity index (χ0) is 26.2. The first kappa shape index (κ1) is 27.1. The molecule has 3 rings (SSSR count). The molecule has 2 heterocycles. The second-order valence-corrected chi connectivity index (χ2v) is 9.30. The van der Waals surface area contributed by atoms with Crippen molar-refractivity contribution < 1.29 is 23.9 Å². The highest BCUT2D eigenvalue weighted by Gasteiger charge is 2.30. The predicted molar refractivity (Wildman–Crippen MR) is 137 cm³/mol. The lowest BCUT2D eigenvalue weighted by atomic mass is 10.0. The number of nitrogens with zero attached hydrogens (tertiary/aromatic N) is 3. The summed E-state index contributed by atoms with van der Waals surface area (Å²) >= 11 is 0. The van der Waals surface area contributed by atoms with E-state index in [0.717, 1.165) is 6.42 Å². The van der Waals surface area contributed by atoms with Gasteiger partial charge in [-0.15, -0.1) is 0 Å². The number of hydrogen-bond donors (Lipinski definition) is 1. The molecule has 0 radical (unpaired) electrons. The van der Waals surface area contributed by atoms with Gasteiger partial charge in [0.2, 0.25) is 5.91 Å². The quantitative estimate of drug-likeness (QED) is 0.680. The summed E-state index contributed by atoms with van der Waals surface area (Å²) in [6, 6.07) is 8.11. The number of aromatic nitrogens is 1. The Morgan fingerprint density at radius 2 is 1.89 bits per heavy atom. The summed E-state index contributed by atoms with van der Waals surface area (Å²) in [6.45, 7) is 6.79. The van der Waals surface area contributed by atoms with E-state index in [1.54, 1.807) is 66.7 Å². The molecule has 0 spiro atoms. The molecule has 3 atom stereocenters. The summed E-state index contributed by atoms with van der Waals surface area (Å²) in [7, 11) is 3.34. The number of pyridine rings is 1. The standard InChI is InChI=1S/C27H36N4O5/c1-6-7-25(32)29-21-8-9-22-23(14-21)36-17-19(3)31(26(33)20-10-12-28-13-11-20)15-18(2)24(35-5)16-30(4)27(22)34/h8-14,18-19,24H,6-7,15-17H2,1-5H3,(H,29,32)/t18-,19+,24+/m0/s1. The Labute approximate surface area is 212 Å². The zero-order valence-electron chi connectivity index (χ0n) is 21.7. The van der Waals surface area contributed by atoms with Crippen LogP contribution in [0.1, 0.15) is 54.3 Å². The van der Waals surface area contributed by atoms with E-state index in [2.05, 4.69) is 10.3 Å². The Hall–Kier alpha value is -3.46. The van der Waals surface area contributed by atoms with E-state index < -0.39 is 0 Å². The van der Waals surface area contributed by atoms with Crippen molar-refractivity contribution in [3.05, 3.63) is 53.9 Å². The Kier molecular flexibility index (Phi) is 9.41. The molecule has 0 saturated heterocycles. The molecule has 1 aromatic heterocycles. The van der Waals surface area contributed by atoms with Crippen LogP contribution in [0.25, 0.3) is 0 Å². The van der Waals surface area contributed by atoms with Gasteiger partial charge in [0.25, 0.3) is 11.8 Å². The Balaban J connectivity index is 1.97. The fourth-order valence-corrected chi connectivity index (χ4v) is 4.24. The van der Waals surface area contributed by atoms with Crippen molar-refractivity contribution in [1.82, 2.24) is 14.8 Å². The van der Waals surface area contributed by atoms with Gasteiger partial charge in [-0.2, -0.15) is 0 Å². The number of anilines is 1. The van der Waals surface area contributed by atoms with Crippen LogP contribution in [-0.4, -0.2) is 78.5 Å². The first-order chi connectivity index (χ1) is 17.2. The van der Waals surface area contributed by atoms with Crippen molar-refractivity contribution >= 4 is 23.4 Å². The molecule has 2 aromatic rings. The summed E-state index contributed by atoms with van der Waals surface area (Å²) in [5, 5.41) is 2.85. The minimum absolute atomic E-state index is 0.0476. The Morgan fingerprint density at radius 1 is 1.17 bits per heavy atom. The summed E-state index contributed by atoms with van der Waals surface area (Å²) in [4.78, 5) is 46.3. The van der Waals surface area contributed by atoms with E-state index in [4.69, 9.17) is 9.47 Å². The lowest BCUT2D eigenvalue weighted by molar-refractivity contribution is -0.116. The van der Waals surface area contributed by atoms with E-state index in [0.29, 0.717) is 42.1 Å². The van der Waals surface area contributed by atoms with E-state index in [1.807, 2.05) is 20.8 Å². The number of carbonyl (C=O) groups excluding carboxylic acids is 3. The van der Waals surface area contributed by atoms with Gasteiger partial charge in [0.05, 0.1) is 17.7 Å². The molecule has 1 N–H and O–H groups in total. The summed E-state index contributed by atoms with van der Waals surface area (Å²) in [5.41, 5.74) is 1.47. The van der Waals surface area contributed by atoms with Crippen LogP contribution < -0.4 is 10.1 Å². The van der Waals surface area contributed by atoms with Crippen molar-refractivity contribution in [3.63, 3.8) is 0 Å². The third kappa shape index (κ3) is 6.60. The zero-order valence-corrected chi connectivity index (χ0v) is 21.7. The Bertz CT molecular complexity index is 1060. The number of methoxy groups -OCH3 is 1. The summed E-state index contributed by atoms with van der Waals surface area (Å²) < 4.78 is 11.9. The molecular weight excluding hydrogens is 460 g/mol. The highest BCUT2D eigenvalue weighted by Crippen LogP contribution is 2.27. The third-order valence-corrected chi connectivity index (χ3v) is 6.40. The molecule has 1 aromatic carbocycles. The molecule has 9 nitrogen and oxygen atoms in total. The van der Waals surface area contributed by atoms with Crippen molar-refractivity contribution in [2.45, 2.75) is 45.8 Å². The highest BCUT2D eigenvalue weighted by molar-refractivity contribution is 5.98. The number of carbonyl (C=O) groups is 3. The molecule has 1 aliphatic rings. The van der Waals surface area contributed by atoms with Crippen LogP contribution >= 0.6 is 0 Å². The number of hydrogen-bond acceptors (Lipinski definition) is 6. The first-order valence-corrected chi connectivity index (χ1v) is 12.3. The molecule has 36 heavy (non-hydrogen) atoms. The lowest BCUT2D eigenvalue weighted by Gasteiger charge is -2.36. The van der Waals surface area contributed by atoms with E-state index in [9.17, 15) is 14.4 Å². The van der Waals surface area contributed by atoms with Crippen molar-refractivity contribution in [2.75, 3.05) is 39.2 Å². The third-order valence-electron chi connectivity index (χ3n) is 6.40. The van der Waals surface area contributed by atoms with E-state index in [-0.39, 0.29) is 42.4 Å². The number of nitrogens with one attached hydrogen (secondary N) is 1. The summed E-state index contributed by atoms with van der Waals surface area (Å²) in [6.07, 6.45) is 4.04. The SMILES string of the molecule is CCCC(=O)Nc1ccc2c(c1)OC[C@@H](C)N(C(=O)c1ccncc1)C[C@H](C)[C@H](OC)CN(C)C2=O. The van der Waals surface area contributed by atoms with Crippen LogP contribution in [0, 0.1) is 5.92 Å². The van der Waals surface area contributed by atoms with Gasteiger partial charge >= 0.3 is 0 Å². The van der Waals surface area contributed by atoms with E-state index >= 15 is 0 Å². The maximum atomic E-state index is 13.5. The molecule has 0 bridgehead atoms. The van der Waals surface area contributed by atoms with Crippen molar-refractivity contribution in [3.8, 4) is 5.75 Å². The van der Waals surface area contributed by atoms with Crippen LogP contribution in [0.4, 0.5) is 5.69 Å².